The van der Waals surface area contributed by atoms with E-state index in [9.17, 15) is 4.79 Å². The molecule has 6 nitrogen and oxygen atoms in total. The van der Waals surface area contributed by atoms with Crippen molar-refractivity contribution in [3.8, 4) is 5.75 Å². The number of piperazine rings is 1. The molecule has 1 saturated heterocycles. The van der Waals surface area contributed by atoms with E-state index in [0.29, 0.717) is 19.6 Å². The first kappa shape index (κ1) is 17.1. The Labute approximate surface area is 148 Å². The predicted molar refractivity (Wildman–Crippen MR) is 100 cm³/mol. The Hall–Kier alpha value is -2.73. The standard InChI is InChI=1S/C19H24N4O2/c1-25-18-4-2-3-17(13-18)22-9-11-23(12-10-22)19(24)21-16-7-5-15(14-20)6-8-16/h2-8,13H,9-12,14,20H2,1H3,(H,21,24). The number of urea groups is 1. The van der Waals surface area contributed by atoms with Crippen LogP contribution in [0.1, 0.15) is 5.56 Å². The number of methoxy groups -OCH3 is 1. The third-order valence-corrected chi connectivity index (χ3v) is 4.43. The van der Waals surface area contributed by atoms with Gasteiger partial charge >= 0.3 is 6.03 Å². The maximum atomic E-state index is 12.4. The van der Waals surface area contributed by atoms with Gasteiger partial charge in [-0.05, 0) is 29.8 Å². The van der Waals surface area contributed by atoms with Gasteiger partial charge in [0.1, 0.15) is 5.75 Å². The van der Waals surface area contributed by atoms with Crippen LogP contribution in [0.5, 0.6) is 5.75 Å². The number of amides is 2. The van der Waals surface area contributed by atoms with E-state index < -0.39 is 0 Å². The highest BCUT2D eigenvalue weighted by molar-refractivity contribution is 5.89. The van der Waals surface area contributed by atoms with Crippen molar-refractivity contribution in [1.29, 1.82) is 0 Å². The second-order valence-electron chi connectivity index (χ2n) is 6.01. The van der Waals surface area contributed by atoms with Gasteiger partial charge in [-0.3, -0.25) is 0 Å². The van der Waals surface area contributed by atoms with Gasteiger partial charge in [-0.25, -0.2) is 4.79 Å². The fraction of sp³-hybridized carbons (Fsp3) is 0.316. The van der Waals surface area contributed by atoms with Gasteiger partial charge in [0.05, 0.1) is 7.11 Å². The van der Waals surface area contributed by atoms with E-state index in [1.54, 1.807) is 7.11 Å². The number of carbonyl (C=O) groups is 1. The summed E-state index contributed by atoms with van der Waals surface area (Å²) in [5.41, 5.74) is 8.55. The Morgan fingerprint density at radius 1 is 1.12 bits per heavy atom. The first-order chi connectivity index (χ1) is 12.2. The van der Waals surface area contributed by atoms with E-state index in [1.165, 1.54) is 0 Å². The van der Waals surface area contributed by atoms with Gasteiger partial charge in [0.25, 0.3) is 0 Å². The van der Waals surface area contributed by atoms with Crippen LogP contribution in [0.25, 0.3) is 0 Å². The fourth-order valence-corrected chi connectivity index (χ4v) is 2.90. The van der Waals surface area contributed by atoms with Crippen LogP contribution < -0.4 is 20.7 Å². The molecule has 2 aromatic rings. The summed E-state index contributed by atoms with van der Waals surface area (Å²) in [5.74, 6) is 0.846. The molecule has 0 unspecified atom stereocenters. The zero-order valence-electron chi connectivity index (χ0n) is 14.4. The lowest BCUT2D eigenvalue weighted by Crippen LogP contribution is -2.50. The molecule has 1 heterocycles. The highest BCUT2D eigenvalue weighted by atomic mass is 16.5. The summed E-state index contributed by atoms with van der Waals surface area (Å²) in [5, 5.41) is 2.94. The van der Waals surface area contributed by atoms with Crippen LogP contribution >= 0.6 is 0 Å². The topological polar surface area (TPSA) is 70.8 Å². The molecule has 3 N–H and O–H groups in total. The molecule has 0 saturated carbocycles. The number of nitrogens with two attached hydrogens (primary N) is 1. The van der Waals surface area contributed by atoms with Gasteiger partial charge in [0, 0.05) is 50.2 Å². The summed E-state index contributed by atoms with van der Waals surface area (Å²) in [4.78, 5) is 16.5. The summed E-state index contributed by atoms with van der Waals surface area (Å²) in [7, 11) is 1.67. The minimum Gasteiger partial charge on any atom is -0.497 e. The van der Waals surface area contributed by atoms with Crippen LogP contribution in [0.3, 0.4) is 0 Å². The van der Waals surface area contributed by atoms with Gasteiger partial charge < -0.3 is 25.6 Å². The van der Waals surface area contributed by atoms with Crippen molar-refractivity contribution in [2.45, 2.75) is 6.54 Å². The van der Waals surface area contributed by atoms with E-state index in [1.807, 2.05) is 47.4 Å². The first-order valence-electron chi connectivity index (χ1n) is 8.43. The highest BCUT2D eigenvalue weighted by Gasteiger charge is 2.21. The molecule has 1 aliphatic heterocycles. The zero-order chi connectivity index (χ0) is 17.6. The highest BCUT2D eigenvalue weighted by Crippen LogP contribution is 2.22. The molecule has 1 aliphatic rings. The van der Waals surface area contributed by atoms with Gasteiger partial charge in [0.2, 0.25) is 0 Å². The summed E-state index contributed by atoms with van der Waals surface area (Å²) >= 11 is 0. The Balaban J connectivity index is 1.54. The molecule has 1 fully saturated rings. The molecule has 0 aliphatic carbocycles. The lowest BCUT2D eigenvalue weighted by Gasteiger charge is -2.36. The van der Waals surface area contributed by atoms with E-state index >= 15 is 0 Å². The number of hydrogen-bond acceptors (Lipinski definition) is 4. The van der Waals surface area contributed by atoms with Crippen molar-refractivity contribution in [3.63, 3.8) is 0 Å². The van der Waals surface area contributed by atoms with Crippen molar-refractivity contribution >= 4 is 17.4 Å². The van der Waals surface area contributed by atoms with Gasteiger partial charge in [-0.1, -0.05) is 18.2 Å². The Bertz CT molecular complexity index is 710. The lowest BCUT2D eigenvalue weighted by atomic mass is 10.2. The monoisotopic (exact) mass is 340 g/mol. The second kappa shape index (κ2) is 7.90. The predicted octanol–water partition coefficient (Wildman–Crippen LogP) is 2.51. The number of anilines is 2. The van der Waals surface area contributed by atoms with Crippen LogP contribution in [-0.2, 0) is 6.54 Å². The number of nitrogens with one attached hydrogen (secondary N) is 1. The van der Waals surface area contributed by atoms with E-state index in [0.717, 1.165) is 35.8 Å². The van der Waals surface area contributed by atoms with Crippen LogP contribution in [0.15, 0.2) is 48.5 Å². The molecule has 0 spiro atoms. The lowest BCUT2D eigenvalue weighted by molar-refractivity contribution is 0.208. The molecule has 2 aromatic carbocycles. The smallest absolute Gasteiger partial charge is 0.321 e. The van der Waals surface area contributed by atoms with Crippen LogP contribution in [-0.4, -0.2) is 44.2 Å². The summed E-state index contributed by atoms with van der Waals surface area (Å²) in [6.07, 6.45) is 0. The normalized spacial score (nSPS) is 14.3. The van der Waals surface area contributed by atoms with Crippen molar-refractivity contribution in [1.82, 2.24) is 4.90 Å². The molecule has 0 atom stereocenters. The summed E-state index contributed by atoms with van der Waals surface area (Å²) in [6.45, 7) is 3.47. The SMILES string of the molecule is COc1cccc(N2CCN(C(=O)Nc3ccc(CN)cc3)CC2)c1. The number of hydrogen-bond donors (Lipinski definition) is 2. The van der Waals surface area contributed by atoms with Crippen molar-refractivity contribution in [2.75, 3.05) is 43.5 Å². The van der Waals surface area contributed by atoms with Crippen LogP contribution in [0.2, 0.25) is 0 Å². The number of benzene rings is 2. The third kappa shape index (κ3) is 4.22. The van der Waals surface area contributed by atoms with Crippen LogP contribution in [0, 0.1) is 0 Å². The summed E-state index contributed by atoms with van der Waals surface area (Å²) < 4.78 is 5.28. The van der Waals surface area contributed by atoms with E-state index in [-0.39, 0.29) is 6.03 Å². The van der Waals surface area contributed by atoms with E-state index in [4.69, 9.17) is 10.5 Å². The minimum absolute atomic E-state index is 0.0641. The van der Waals surface area contributed by atoms with Gasteiger partial charge in [0.15, 0.2) is 0 Å². The largest absolute Gasteiger partial charge is 0.497 e. The average molecular weight is 340 g/mol. The summed E-state index contributed by atoms with van der Waals surface area (Å²) in [6, 6.07) is 15.6. The number of ether oxygens (including phenoxy) is 1. The van der Waals surface area contributed by atoms with Gasteiger partial charge in [-0.15, -0.1) is 0 Å². The minimum atomic E-state index is -0.0641. The molecule has 25 heavy (non-hydrogen) atoms. The van der Waals surface area contributed by atoms with Gasteiger partial charge in [-0.2, -0.15) is 0 Å². The first-order valence-corrected chi connectivity index (χ1v) is 8.43. The maximum Gasteiger partial charge on any atom is 0.321 e. The molecule has 0 bridgehead atoms. The van der Waals surface area contributed by atoms with Crippen molar-refractivity contribution in [3.05, 3.63) is 54.1 Å². The van der Waals surface area contributed by atoms with E-state index in [2.05, 4.69) is 16.3 Å². The Morgan fingerprint density at radius 2 is 1.84 bits per heavy atom. The molecule has 132 valence electrons. The van der Waals surface area contributed by atoms with Crippen LogP contribution in [0.4, 0.5) is 16.2 Å². The number of rotatable bonds is 4. The quantitative estimate of drug-likeness (QED) is 0.897. The molecule has 6 heteroatoms. The fourth-order valence-electron chi connectivity index (χ4n) is 2.90. The third-order valence-electron chi connectivity index (χ3n) is 4.43. The van der Waals surface area contributed by atoms with Crippen molar-refractivity contribution < 1.29 is 9.53 Å². The molecule has 0 aromatic heterocycles. The molecular formula is C19H24N4O2. The zero-order valence-corrected chi connectivity index (χ0v) is 14.4. The number of nitrogens with zero attached hydrogens (tertiary/aromatic N) is 2. The molecule has 2 amide bonds. The molecule has 3 rings (SSSR count). The molecule has 0 radical (unpaired) electrons. The average Bonchev–Trinajstić information content (AvgIpc) is 2.68. The maximum absolute atomic E-state index is 12.4. The Morgan fingerprint density at radius 3 is 2.48 bits per heavy atom. The second-order valence-corrected chi connectivity index (χ2v) is 6.01. The Kier molecular flexibility index (Phi) is 5.40. The number of carbonyl (C=O) groups excluding carboxylic acids is 1. The molecular weight excluding hydrogens is 316 g/mol. The van der Waals surface area contributed by atoms with Crippen molar-refractivity contribution in [2.24, 2.45) is 5.73 Å².